The number of rotatable bonds is 6. The Morgan fingerprint density at radius 3 is 2.22 bits per heavy atom. The number of hydrogen-bond acceptors (Lipinski definition) is 4. The van der Waals surface area contributed by atoms with Gasteiger partial charge in [-0.25, -0.2) is 4.68 Å². The lowest BCUT2D eigenvalue weighted by molar-refractivity contribution is 0.0940. The van der Waals surface area contributed by atoms with Crippen LogP contribution in [0.4, 0.5) is 0 Å². The van der Waals surface area contributed by atoms with Gasteiger partial charge >= 0.3 is 0 Å². The molecular formula is C20H32ClN5O. The first-order valence-corrected chi connectivity index (χ1v) is 9.15. The van der Waals surface area contributed by atoms with E-state index in [2.05, 4.69) is 55.5 Å². The molecule has 27 heavy (non-hydrogen) atoms. The van der Waals surface area contributed by atoms with Gasteiger partial charge in [0.05, 0.1) is 11.4 Å². The summed E-state index contributed by atoms with van der Waals surface area (Å²) in [7, 11) is 0. The molecule has 2 rings (SSSR count). The van der Waals surface area contributed by atoms with Crippen LogP contribution in [0.3, 0.4) is 0 Å². The molecular weight excluding hydrogens is 362 g/mol. The SMILES string of the molecule is CCCc1c(C(=O)NCC(C)(C)N)nnn1-c1ccc(C(C)(C)C)cc1.Cl. The zero-order chi connectivity index (χ0) is 19.5. The van der Waals surface area contributed by atoms with Crippen LogP contribution in [0, 0.1) is 0 Å². The van der Waals surface area contributed by atoms with Crippen LogP contribution in [0.15, 0.2) is 24.3 Å². The fraction of sp³-hybridized carbons (Fsp3) is 0.550. The monoisotopic (exact) mass is 393 g/mol. The molecule has 0 spiro atoms. The van der Waals surface area contributed by atoms with E-state index in [4.69, 9.17) is 5.73 Å². The topological polar surface area (TPSA) is 85.8 Å². The molecule has 1 aromatic carbocycles. The minimum Gasteiger partial charge on any atom is -0.349 e. The number of hydrogen-bond donors (Lipinski definition) is 2. The summed E-state index contributed by atoms with van der Waals surface area (Å²) in [6, 6.07) is 8.26. The molecule has 2 aromatic rings. The number of nitrogens with zero attached hydrogens (tertiary/aromatic N) is 3. The normalized spacial score (nSPS) is 11.8. The smallest absolute Gasteiger partial charge is 0.273 e. The highest BCUT2D eigenvalue weighted by Gasteiger charge is 2.22. The predicted molar refractivity (Wildman–Crippen MR) is 112 cm³/mol. The average molecular weight is 394 g/mol. The van der Waals surface area contributed by atoms with E-state index in [0.29, 0.717) is 12.2 Å². The van der Waals surface area contributed by atoms with E-state index in [-0.39, 0.29) is 23.7 Å². The molecule has 1 amide bonds. The third-order valence-corrected chi connectivity index (χ3v) is 4.15. The average Bonchev–Trinajstić information content (AvgIpc) is 2.95. The quantitative estimate of drug-likeness (QED) is 0.787. The summed E-state index contributed by atoms with van der Waals surface area (Å²) < 4.78 is 1.76. The molecule has 0 unspecified atom stereocenters. The van der Waals surface area contributed by atoms with Crippen molar-refractivity contribution < 1.29 is 4.79 Å². The van der Waals surface area contributed by atoms with Gasteiger partial charge in [0.2, 0.25) is 0 Å². The Bertz CT molecular complexity index is 754. The van der Waals surface area contributed by atoms with Gasteiger partial charge < -0.3 is 11.1 Å². The molecule has 0 saturated carbocycles. The zero-order valence-electron chi connectivity index (χ0n) is 17.2. The molecule has 3 N–H and O–H groups in total. The Kier molecular flexibility index (Phi) is 7.57. The summed E-state index contributed by atoms with van der Waals surface area (Å²) in [5.41, 5.74) is 8.92. The molecule has 0 saturated heterocycles. The molecule has 7 heteroatoms. The zero-order valence-corrected chi connectivity index (χ0v) is 18.0. The molecule has 1 heterocycles. The van der Waals surface area contributed by atoms with Crippen molar-refractivity contribution in [2.45, 2.75) is 65.3 Å². The van der Waals surface area contributed by atoms with Gasteiger partial charge in [-0.2, -0.15) is 0 Å². The largest absolute Gasteiger partial charge is 0.349 e. The number of carbonyl (C=O) groups is 1. The van der Waals surface area contributed by atoms with E-state index >= 15 is 0 Å². The second-order valence-electron chi connectivity index (χ2n) is 8.51. The number of halogens is 1. The van der Waals surface area contributed by atoms with E-state index in [1.165, 1.54) is 5.56 Å². The van der Waals surface area contributed by atoms with Gasteiger partial charge in [-0.3, -0.25) is 4.79 Å². The number of nitrogens with two attached hydrogens (primary N) is 1. The first-order valence-electron chi connectivity index (χ1n) is 9.15. The molecule has 0 aliphatic carbocycles. The van der Waals surface area contributed by atoms with Gasteiger partial charge in [-0.1, -0.05) is 51.5 Å². The molecule has 1 aromatic heterocycles. The highest BCUT2D eigenvalue weighted by Crippen LogP contribution is 2.24. The number of nitrogens with one attached hydrogen (secondary N) is 1. The maximum absolute atomic E-state index is 12.5. The maximum atomic E-state index is 12.5. The van der Waals surface area contributed by atoms with Crippen LogP contribution >= 0.6 is 12.4 Å². The molecule has 0 aliphatic heterocycles. The van der Waals surface area contributed by atoms with Crippen LogP contribution < -0.4 is 11.1 Å². The van der Waals surface area contributed by atoms with Crippen molar-refractivity contribution in [2.75, 3.05) is 6.54 Å². The number of carbonyl (C=O) groups excluding carboxylic acids is 1. The molecule has 6 nitrogen and oxygen atoms in total. The van der Waals surface area contributed by atoms with Gasteiger partial charge in [0.15, 0.2) is 5.69 Å². The lowest BCUT2D eigenvalue weighted by Gasteiger charge is -2.19. The van der Waals surface area contributed by atoms with E-state index < -0.39 is 5.54 Å². The predicted octanol–water partition coefficient (Wildman–Crippen LogP) is 3.41. The molecule has 150 valence electrons. The number of benzene rings is 1. The molecule has 0 aliphatic rings. The van der Waals surface area contributed by atoms with Gasteiger partial charge in [-0.05, 0) is 43.4 Å². The standard InChI is InChI=1S/C20H31N5O.ClH/c1-7-8-16-17(18(26)22-13-20(5,6)21)23-24-25(16)15-11-9-14(10-12-15)19(2,3)4;/h9-12H,7-8,13,21H2,1-6H3,(H,22,26);1H. The van der Waals surface area contributed by atoms with Crippen molar-refractivity contribution in [1.82, 2.24) is 20.3 Å². The van der Waals surface area contributed by atoms with Crippen molar-refractivity contribution in [3.63, 3.8) is 0 Å². The maximum Gasteiger partial charge on any atom is 0.273 e. The van der Waals surface area contributed by atoms with Crippen LogP contribution in [-0.2, 0) is 11.8 Å². The Hall–Kier alpha value is -1.92. The highest BCUT2D eigenvalue weighted by atomic mass is 35.5. The van der Waals surface area contributed by atoms with Crippen molar-refractivity contribution in [3.05, 3.63) is 41.2 Å². The Morgan fingerprint density at radius 1 is 1.15 bits per heavy atom. The van der Waals surface area contributed by atoms with Gasteiger partial charge in [-0.15, -0.1) is 17.5 Å². The molecule has 0 bridgehead atoms. The fourth-order valence-corrected chi connectivity index (χ4v) is 2.64. The van der Waals surface area contributed by atoms with Crippen molar-refractivity contribution >= 4 is 18.3 Å². The lowest BCUT2D eigenvalue weighted by Crippen LogP contribution is -2.45. The molecule has 0 radical (unpaired) electrons. The first kappa shape index (κ1) is 23.1. The van der Waals surface area contributed by atoms with Gasteiger partial charge in [0.25, 0.3) is 5.91 Å². The summed E-state index contributed by atoms with van der Waals surface area (Å²) in [4.78, 5) is 12.5. The second-order valence-corrected chi connectivity index (χ2v) is 8.51. The summed E-state index contributed by atoms with van der Waals surface area (Å²) in [6.07, 6.45) is 1.62. The highest BCUT2D eigenvalue weighted by molar-refractivity contribution is 5.93. The van der Waals surface area contributed by atoms with Crippen LogP contribution in [0.2, 0.25) is 0 Å². The van der Waals surface area contributed by atoms with Gasteiger partial charge in [0.1, 0.15) is 0 Å². The van der Waals surface area contributed by atoms with E-state index in [1.54, 1.807) is 4.68 Å². The van der Waals surface area contributed by atoms with Crippen LogP contribution in [0.5, 0.6) is 0 Å². The molecule has 0 fully saturated rings. The summed E-state index contributed by atoms with van der Waals surface area (Å²) >= 11 is 0. The van der Waals surface area contributed by atoms with E-state index in [1.807, 2.05) is 26.0 Å². The minimum atomic E-state index is -0.473. The summed E-state index contributed by atoms with van der Waals surface area (Å²) in [5, 5.41) is 11.2. The van der Waals surface area contributed by atoms with Crippen LogP contribution in [-0.4, -0.2) is 33.0 Å². The number of aromatic nitrogens is 3. The van der Waals surface area contributed by atoms with Gasteiger partial charge in [0, 0.05) is 12.1 Å². The van der Waals surface area contributed by atoms with Crippen molar-refractivity contribution in [1.29, 1.82) is 0 Å². The van der Waals surface area contributed by atoms with Crippen molar-refractivity contribution in [2.24, 2.45) is 5.73 Å². The van der Waals surface area contributed by atoms with E-state index in [0.717, 1.165) is 24.2 Å². The third kappa shape index (κ3) is 6.04. The lowest BCUT2D eigenvalue weighted by atomic mass is 9.87. The Morgan fingerprint density at radius 2 is 1.74 bits per heavy atom. The minimum absolute atomic E-state index is 0. The molecule has 0 atom stereocenters. The first-order chi connectivity index (χ1) is 12.0. The van der Waals surface area contributed by atoms with Crippen molar-refractivity contribution in [3.8, 4) is 5.69 Å². The fourth-order valence-electron chi connectivity index (χ4n) is 2.64. The van der Waals surface area contributed by atoms with Crippen LogP contribution in [0.1, 0.15) is 69.7 Å². The summed E-state index contributed by atoms with van der Waals surface area (Å²) in [5.74, 6) is -0.232. The summed E-state index contributed by atoms with van der Waals surface area (Å²) in [6.45, 7) is 12.7. The second kappa shape index (κ2) is 8.85. The Labute approximate surface area is 168 Å². The Balaban J connectivity index is 0.00000364. The third-order valence-electron chi connectivity index (χ3n) is 4.15. The van der Waals surface area contributed by atoms with E-state index in [9.17, 15) is 4.79 Å². The van der Waals surface area contributed by atoms with Crippen LogP contribution in [0.25, 0.3) is 5.69 Å². The number of amides is 1.